The molecule has 3 aromatic rings. The van der Waals surface area contributed by atoms with Crippen LogP contribution in [0.15, 0.2) is 24.3 Å². The molecule has 1 aromatic carbocycles. The largest absolute Gasteiger partial charge is 0.507 e. The molecule has 0 saturated heterocycles. The summed E-state index contributed by atoms with van der Waals surface area (Å²) >= 11 is 0. The van der Waals surface area contributed by atoms with Gasteiger partial charge in [-0.1, -0.05) is 0 Å². The fourth-order valence-electron chi connectivity index (χ4n) is 3.04. The zero-order chi connectivity index (χ0) is 19.2. The fourth-order valence-corrected chi connectivity index (χ4v) is 3.04. The molecule has 2 heterocycles. The van der Waals surface area contributed by atoms with Crippen molar-refractivity contribution in [3.8, 4) is 17.1 Å². The number of aryl methyl sites for hydroxylation is 1. The van der Waals surface area contributed by atoms with E-state index in [-0.39, 0.29) is 11.6 Å². The van der Waals surface area contributed by atoms with E-state index >= 15 is 0 Å². The number of aromatic nitrogens is 3. The summed E-state index contributed by atoms with van der Waals surface area (Å²) < 4.78 is 40.8. The number of aromatic hydroxyl groups is 1. The van der Waals surface area contributed by atoms with E-state index in [2.05, 4.69) is 15.3 Å². The Bertz CT molecular complexity index is 953. The smallest absolute Gasteiger partial charge is 0.416 e. The standard InChI is InChI=1S/C18H19F3N4O/c1-9(2)25-12-5-6-14(22-4)23-16(12)24-17(25)15-10(3)7-11(8-13(15)26)18(19,20)21/h5-9,26H,1-4H3,(H,22,23). The van der Waals surface area contributed by atoms with E-state index in [4.69, 9.17) is 0 Å². The van der Waals surface area contributed by atoms with E-state index in [9.17, 15) is 18.3 Å². The summed E-state index contributed by atoms with van der Waals surface area (Å²) in [4.78, 5) is 8.89. The van der Waals surface area contributed by atoms with Crippen molar-refractivity contribution < 1.29 is 18.3 Å². The molecule has 0 saturated carbocycles. The summed E-state index contributed by atoms with van der Waals surface area (Å²) in [6, 6.07) is 5.37. The number of pyridine rings is 1. The number of halogens is 3. The van der Waals surface area contributed by atoms with Crippen LogP contribution in [-0.4, -0.2) is 26.7 Å². The number of nitrogens with zero attached hydrogens (tertiary/aromatic N) is 3. The van der Waals surface area contributed by atoms with Gasteiger partial charge in [-0.3, -0.25) is 0 Å². The lowest BCUT2D eigenvalue weighted by molar-refractivity contribution is -0.137. The van der Waals surface area contributed by atoms with Gasteiger partial charge in [0.25, 0.3) is 0 Å². The molecule has 0 unspecified atom stereocenters. The predicted molar refractivity (Wildman–Crippen MR) is 94.3 cm³/mol. The summed E-state index contributed by atoms with van der Waals surface area (Å²) in [6.45, 7) is 5.40. The average Bonchev–Trinajstić information content (AvgIpc) is 2.91. The van der Waals surface area contributed by atoms with Crippen LogP contribution in [0.5, 0.6) is 5.75 Å². The maximum absolute atomic E-state index is 13.0. The molecule has 8 heteroatoms. The van der Waals surface area contributed by atoms with Gasteiger partial charge < -0.3 is 15.0 Å². The SMILES string of the molecule is CNc1ccc2c(n1)nc(-c1c(C)cc(C(F)(F)F)cc1O)n2C(C)C. The summed E-state index contributed by atoms with van der Waals surface area (Å²) in [6.07, 6.45) is -4.53. The Kier molecular flexibility index (Phi) is 4.29. The molecule has 0 amide bonds. The topological polar surface area (TPSA) is 63.0 Å². The number of phenolic OH excluding ortho intramolecular Hbond substituents is 1. The Morgan fingerprint density at radius 1 is 1.15 bits per heavy atom. The summed E-state index contributed by atoms with van der Waals surface area (Å²) in [5.41, 5.74) is 0.880. The van der Waals surface area contributed by atoms with Crippen LogP contribution in [0.3, 0.4) is 0 Å². The zero-order valence-corrected chi connectivity index (χ0v) is 14.8. The van der Waals surface area contributed by atoms with Crippen molar-refractivity contribution in [3.05, 3.63) is 35.4 Å². The highest BCUT2D eigenvalue weighted by Gasteiger charge is 2.32. The second kappa shape index (κ2) is 6.19. The Morgan fingerprint density at radius 2 is 1.85 bits per heavy atom. The summed E-state index contributed by atoms with van der Waals surface area (Å²) in [5.74, 6) is 0.564. The monoisotopic (exact) mass is 364 g/mol. The van der Waals surface area contributed by atoms with Gasteiger partial charge in [-0.15, -0.1) is 0 Å². The normalized spacial score (nSPS) is 12.2. The molecule has 138 valence electrons. The molecule has 0 aliphatic carbocycles. The minimum atomic E-state index is -4.53. The molecule has 3 rings (SSSR count). The molecule has 2 aromatic heterocycles. The highest BCUT2D eigenvalue weighted by molar-refractivity contribution is 5.82. The van der Waals surface area contributed by atoms with Crippen molar-refractivity contribution in [1.29, 1.82) is 0 Å². The Morgan fingerprint density at radius 3 is 2.38 bits per heavy atom. The Hall–Kier alpha value is -2.77. The molecule has 26 heavy (non-hydrogen) atoms. The van der Waals surface area contributed by atoms with Crippen molar-refractivity contribution in [2.24, 2.45) is 0 Å². The molecule has 0 fully saturated rings. The highest BCUT2D eigenvalue weighted by atomic mass is 19.4. The van der Waals surface area contributed by atoms with Crippen molar-refractivity contribution >= 4 is 17.0 Å². The number of hydrogen-bond donors (Lipinski definition) is 2. The van der Waals surface area contributed by atoms with Crippen molar-refractivity contribution in [1.82, 2.24) is 14.5 Å². The number of anilines is 1. The van der Waals surface area contributed by atoms with E-state index in [1.807, 2.05) is 24.5 Å². The maximum atomic E-state index is 13.0. The van der Waals surface area contributed by atoms with Gasteiger partial charge in [0.15, 0.2) is 5.65 Å². The number of imidazole rings is 1. The first-order chi connectivity index (χ1) is 12.1. The van der Waals surface area contributed by atoms with Crippen molar-refractivity contribution in [2.75, 3.05) is 12.4 Å². The number of rotatable bonds is 3. The Balaban J connectivity index is 2.30. The second-order valence-electron chi connectivity index (χ2n) is 6.37. The van der Waals surface area contributed by atoms with Crippen molar-refractivity contribution in [3.63, 3.8) is 0 Å². The molecular weight excluding hydrogens is 345 g/mol. The van der Waals surface area contributed by atoms with E-state index in [0.717, 1.165) is 17.6 Å². The highest BCUT2D eigenvalue weighted by Crippen LogP contribution is 2.40. The van der Waals surface area contributed by atoms with Gasteiger partial charge in [-0.05, 0) is 50.6 Å². The third-order valence-electron chi connectivity index (χ3n) is 4.19. The maximum Gasteiger partial charge on any atom is 0.416 e. The lowest BCUT2D eigenvalue weighted by atomic mass is 10.0. The quantitative estimate of drug-likeness (QED) is 0.704. The number of benzene rings is 1. The van der Waals surface area contributed by atoms with Crippen LogP contribution in [0, 0.1) is 6.92 Å². The minimum Gasteiger partial charge on any atom is -0.507 e. The number of alkyl halides is 3. The number of phenols is 1. The first-order valence-electron chi connectivity index (χ1n) is 8.11. The number of hydrogen-bond acceptors (Lipinski definition) is 4. The minimum absolute atomic E-state index is 0.0293. The van der Waals surface area contributed by atoms with Gasteiger partial charge in [-0.25, -0.2) is 9.97 Å². The van der Waals surface area contributed by atoms with E-state index in [1.54, 1.807) is 13.1 Å². The fraction of sp³-hybridized carbons (Fsp3) is 0.333. The molecular formula is C18H19F3N4O. The van der Waals surface area contributed by atoms with Crippen LogP contribution < -0.4 is 5.32 Å². The van der Waals surface area contributed by atoms with Gasteiger partial charge in [-0.2, -0.15) is 13.2 Å². The third kappa shape index (κ3) is 2.95. The molecule has 0 aliphatic heterocycles. The molecule has 0 atom stereocenters. The summed E-state index contributed by atoms with van der Waals surface area (Å²) in [7, 11) is 1.74. The van der Waals surface area contributed by atoms with Gasteiger partial charge in [0, 0.05) is 13.1 Å². The van der Waals surface area contributed by atoms with E-state index < -0.39 is 17.5 Å². The van der Waals surface area contributed by atoms with E-state index in [1.165, 1.54) is 6.92 Å². The van der Waals surface area contributed by atoms with Crippen molar-refractivity contribution in [2.45, 2.75) is 33.0 Å². The van der Waals surface area contributed by atoms with E-state index in [0.29, 0.717) is 22.9 Å². The molecule has 5 nitrogen and oxygen atoms in total. The predicted octanol–water partition coefficient (Wildman–Crippen LogP) is 4.75. The van der Waals surface area contributed by atoms with Crippen LogP contribution in [0.1, 0.15) is 31.0 Å². The molecule has 0 spiro atoms. The first-order valence-corrected chi connectivity index (χ1v) is 8.11. The van der Waals surface area contributed by atoms with Crippen LogP contribution >= 0.6 is 0 Å². The lowest BCUT2D eigenvalue weighted by Gasteiger charge is -2.17. The second-order valence-corrected chi connectivity index (χ2v) is 6.37. The van der Waals surface area contributed by atoms with Crippen LogP contribution in [0.25, 0.3) is 22.6 Å². The molecule has 0 radical (unpaired) electrons. The first kappa shape index (κ1) is 18.0. The lowest BCUT2D eigenvalue weighted by Crippen LogP contribution is -2.07. The Labute approximate surface area is 148 Å². The number of fused-ring (bicyclic) bond motifs is 1. The van der Waals surface area contributed by atoms with Crippen LogP contribution in [-0.2, 0) is 6.18 Å². The number of nitrogens with one attached hydrogen (secondary N) is 1. The average molecular weight is 364 g/mol. The van der Waals surface area contributed by atoms with Gasteiger partial charge >= 0.3 is 6.18 Å². The zero-order valence-electron chi connectivity index (χ0n) is 14.8. The van der Waals surface area contributed by atoms with Gasteiger partial charge in [0.1, 0.15) is 17.4 Å². The third-order valence-corrected chi connectivity index (χ3v) is 4.19. The summed E-state index contributed by atoms with van der Waals surface area (Å²) in [5, 5.41) is 13.3. The molecule has 2 N–H and O–H groups in total. The van der Waals surface area contributed by atoms with Crippen LogP contribution in [0.2, 0.25) is 0 Å². The van der Waals surface area contributed by atoms with Crippen LogP contribution in [0.4, 0.5) is 19.0 Å². The molecule has 0 aliphatic rings. The molecule has 0 bridgehead atoms. The van der Waals surface area contributed by atoms with Gasteiger partial charge in [0.05, 0.1) is 16.6 Å². The van der Waals surface area contributed by atoms with Gasteiger partial charge in [0.2, 0.25) is 0 Å².